The molecule has 0 heterocycles. The second-order valence-electron chi connectivity index (χ2n) is 5.66. The summed E-state index contributed by atoms with van der Waals surface area (Å²) in [6, 6.07) is 24.3. The molecule has 0 saturated heterocycles. The first-order valence-corrected chi connectivity index (χ1v) is 7.66. The molecule has 23 heavy (non-hydrogen) atoms. The van der Waals surface area contributed by atoms with Gasteiger partial charge in [0, 0.05) is 11.4 Å². The van der Waals surface area contributed by atoms with Crippen molar-refractivity contribution in [2.45, 2.75) is 13.8 Å². The molecule has 2 nitrogen and oxygen atoms in total. The average molecular weight is 301 g/mol. The summed E-state index contributed by atoms with van der Waals surface area (Å²) in [6.07, 6.45) is 0.863. The van der Waals surface area contributed by atoms with Crippen molar-refractivity contribution in [1.29, 1.82) is 0 Å². The Labute approximate surface area is 137 Å². The van der Waals surface area contributed by atoms with Crippen molar-refractivity contribution >= 4 is 17.8 Å². The number of benzene rings is 3. The van der Waals surface area contributed by atoms with Crippen molar-refractivity contribution in [2.75, 3.05) is 4.90 Å². The zero-order valence-corrected chi connectivity index (χ0v) is 13.4. The van der Waals surface area contributed by atoms with Crippen LogP contribution in [0.1, 0.15) is 11.1 Å². The molecule has 3 aromatic rings. The second kappa shape index (κ2) is 6.49. The number of amides is 1. The van der Waals surface area contributed by atoms with Crippen LogP contribution in [0.5, 0.6) is 0 Å². The van der Waals surface area contributed by atoms with E-state index in [1.165, 1.54) is 16.7 Å². The van der Waals surface area contributed by atoms with E-state index in [4.69, 9.17) is 0 Å². The lowest BCUT2D eigenvalue weighted by Gasteiger charge is -2.19. The third kappa shape index (κ3) is 3.16. The molecule has 3 rings (SSSR count). The minimum absolute atomic E-state index is 0.863. The molecule has 0 N–H and O–H groups in total. The standard InChI is InChI=1S/C21H19NO/c1-16-8-11-21(14-17(16)2)22(15-23)20-12-9-19(10-13-20)18-6-4-3-5-7-18/h3-15H,1-2H3. The average Bonchev–Trinajstić information content (AvgIpc) is 2.60. The van der Waals surface area contributed by atoms with Gasteiger partial charge in [0.2, 0.25) is 6.41 Å². The maximum absolute atomic E-state index is 11.6. The van der Waals surface area contributed by atoms with Crippen molar-refractivity contribution in [3.8, 4) is 11.1 Å². The Morgan fingerprint density at radius 3 is 1.91 bits per heavy atom. The molecular weight excluding hydrogens is 282 g/mol. The first-order valence-electron chi connectivity index (χ1n) is 7.66. The van der Waals surface area contributed by atoms with E-state index in [9.17, 15) is 4.79 Å². The van der Waals surface area contributed by atoms with Gasteiger partial charge in [-0.2, -0.15) is 0 Å². The third-order valence-corrected chi connectivity index (χ3v) is 4.13. The summed E-state index contributed by atoms with van der Waals surface area (Å²) in [5, 5.41) is 0. The molecule has 114 valence electrons. The van der Waals surface area contributed by atoms with Crippen LogP contribution in [-0.4, -0.2) is 6.41 Å². The van der Waals surface area contributed by atoms with Gasteiger partial charge in [0.05, 0.1) is 0 Å². The minimum atomic E-state index is 0.863. The van der Waals surface area contributed by atoms with E-state index < -0.39 is 0 Å². The highest BCUT2D eigenvalue weighted by molar-refractivity contribution is 5.87. The molecule has 0 saturated carbocycles. The molecule has 0 aliphatic heterocycles. The summed E-state index contributed by atoms with van der Waals surface area (Å²) < 4.78 is 0. The van der Waals surface area contributed by atoms with Gasteiger partial charge >= 0.3 is 0 Å². The Bertz CT molecular complexity index is 807. The summed E-state index contributed by atoms with van der Waals surface area (Å²) in [5.74, 6) is 0. The molecular formula is C21H19NO. The summed E-state index contributed by atoms with van der Waals surface area (Å²) in [7, 11) is 0. The monoisotopic (exact) mass is 301 g/mol. The molecule has 2 heteroatoms. The largest absolute Gasteiger partial charge is 0.284 e. The van der Waals surface area contributed by atoms with Gasteiger partial charge in [0.1, 0.15) is 0 Å². The Balaban J connectivity index is 1.93. The van der Waals surface area contributed by atoms with Gasteiger partial charge in [0.15, 0.2) is 0 Å². The topological polar surface area (TPSA) is 20.3 Å². The Kier molecular flexibility index (Phi) is 4.24. The zero-order chi connectivity index (χ0) is 16.2. The number of nitrogens with zero attached hydrogens (tertiary/aromatic N) is 1. The van der Waals surface area contributed by atoms with Crippen molar-refractivity contribution < 1.29 is 4.79 Å². The van der Waals surface area contributed by atoms with Crippen LogP contribution in [0.4, 0.5) is 11.4 Å². The number of hydrogen-bond donors (Lipinski definition) is 0. The highest BCUT2D eigenvalue weighted by Gasteiger charge is 2.09. The van der Waals surface area contributed by atoms with Gasteiger partial charge in [-0.25, -0.2) is 0 Å². The van der Waals surface area contributed by atoms with E-state index in [0.29, 0.717) is 0 Å². The zero-order valence-electron chi connectivity index (χ0n) is 13.4. The van der Waals surface area contributed by atoms with Crippen LogP contribution in [0, 0.1) is 13.8 Å². The lowest BCUT2D eigenvalue weighted by molar-refractivity contribution is -0.106. The molecule has 0 radical (unpaired) electrons. The van der Waals surface area contributed by atoms with Gasteiger partial charge in [-0.1, -0.05) is 48.5 Å². The maximum atomic E-state index is 11.6. The van der Waals surface area contributed by atoms with Crippen molar-refractivity contribution in [1.82, 2.24) is 0 Å². The first-order chi connectivity index (χ1) is 11.2. The van der Waals surface area contributed by atoms with Crippen molar-refractivity contribution in [3.05, 3.63) is 83.9 Å². The van der Waals surface area contributed by atoms with Gasteiger partial charge in [-0.05, 0) is 60.4 Å². The molecule has 0 aliphatic carbocycles. The van der Waals surface area contributed by atoms with Crippen LogP contribution in [0.3, 0.4) is 0 Å². The lowest BCUT2D eigenvalue weighted by Crippen LogP contribution is -2.14. The number of carbonyl (C=O) groups is 1. The van der Waals surface area contributed by atoms with E-state index in [-0.39, 0.29) is 0 Å². The van der Waals surface area contributed by atoms with Crippen LogP contribution < -0.4 is 4.90 Å². The number of rotatable bonds is 4. The van der Waals surface area contributed by atoms with Gasteiger partial charge in [0.25, 0.3) is 0 Å². The molecule has 0 bridgehead atoms. The van der Waals surface area contributed by atoms with Crippen LogP contribution >= 0.6 is 0 Å². The Morgan fingerprint density at radius 2 is 1.30 bits per heavy atom. The predicted octanol–water partition coefficient (Wildman–Crippen LogP) is 5.26. The van der Waals surface area contributed by atoms with E-state index in [2.05, 4.69) is 26.0 Å². The normalized spacial score (nSPS) is 10.3. The molecule has 0 unspecified atom stereocenters. The maximum Gasteiger partial charge on any atom is 0.218 e. The van der Waals surface area contributed by atoms with Gasteiger partial charge in [-0.15, -0.1) is 0 Å². The van der Waals surface area contributed by atoms with E-state index in [1.807, 2.05) is 60.7 Å². The van der Waals surface area contributed by atoms with Crippen LogP contribution in [-0.2, 0) is 4.79 Å². The molecule has 0 aromatic heterocycles. The molecule has 0 fully saturated rings. The Morgan fingerprint density at radius 1 is 0.696 bits per heavy atom. The lowest BCUT2D eigenvalue weighted by atomic mass is 10.0. The van der Waals surface area contributed by atoms with E-state index >= 15 is 0 Å². The van der Waals surface area contributed by atoms with Crippen LogP contribution in [0.25, 0.3) is 11.1 Å². The summed E-state index contributed by atoms with van der Waals surface area (Å²) in [6.45, 7) is 4.12. The fourth-order valence-corrected chi connectivity index (χ4v) is 2.59. The SMILES string of the molecule is Cc1ccc(N(C=O)c2ccc(-c3ccccc3)cc2)cc1C. The predicted molar refractivity (Wildman–Crippen MR) is 96.0 cm³/mol. The Hall–Kier alpha value is -2.87. The number of carbonyl (C=O) groups excluding carboxylic acids is 1. The molecule has 1 amide bonds. The molecule has 0 atom stereocenters. The molecule has 0 spiro atoms. The smallest absolute Gasteiger partial charge is 0.218 e. The first kappa shape index (κ1) is 15.0. The van der Waals surface area contributed by atoms with Crippen molar-refractivity contribution in [3.63, 3.8) is 0 Å². The van der Waals surface area contributed by atoms with Gasteiger partial charge in [-0.3, -0.25) is 9.69 Å². The fourth-order valence-electron chi connectivity index (χ4n) is 2.59. The molecule has 3 aromatic carbocycles. The summed E-state index contributed by atoms with van der Waals surface area (Å²) >= 11 is 0. The quantitative estimate of drug-likeness (QED) is 0.601. The molecule has 0 aliphatic rings. The summed E-state index contributed by atoms with van der Waals surface area (Å²) in [4.78, 5) is 13.3. The van der Waals surface area contributed by atoms with E-state index in [0.717, 1.165) is 23.3 Å². The number of anilines is 2. The van der Waals surface area contributed by atoms with Crippen LogP contribution in [0.15, 0.2) is 72.8 Å². The van der Waals surface area contributed by atoms with Crippen molar-refractivity contribution in [2.24, 2.45) is 0 Å². The highest BCUT2D eigenvalue weighted by atomic mass is 16.1. The number of hydrogen-bond acceptors (Lipinski definition) is 1. The fraction of sp³-hybridized carbons (Fsp3) is 0.0952. The summed E-state index contributed by atoms with van der Waals surface area (Å²) in [5.41, 5.74) is 6.45. The van der Waals surface area contributed by atoms with Crippen LogP contribution in [0.2, 0.25) is 0 Å². The van der Waals surface area contributed by atoms with Gasteiger partial charge < -0.3 is 0 Å². The third-order valence-electron chi connectivity index (χ3n) is 4.13. The minimum Gasteiger partial charge on any atom is -0.284 e. The second-order valence-corrected chi connectivity index (χ2v) is 5.66. The van der Waals surface area contributed by atoms with E-state index in [1.54, 1.807) is 4.90 Å². The highest BCUT2D eigenvalue weighted by Crippen LogP contribution is 2.28. The number of aryl methyl sites for hydroxylation is 2.